The predicted octanol–water partition coefficient (Wildman–Crippen LogP) is 16.2. The van der Waals surface area contributed by atoms with Crippen LogP contribution >= 0.6 is 46.0 Å². The van der Waals surface area contributed by atoms with E-state index in [-0.39, 0.29) is 5.30 Å². The van der Waals surface area contributed by atoms with E-state index in [0.717, 1.165) is 28.0 Å². The maximum atomic E-state index is 11.6. The van der Waals surface area contributed by atoms with Gasteiger partial charge >= 0.3 is 5.30 Å². The second kappa shape index (κ2) is 23.4. The van der Waals surface area contributed by atoms with Gasteiger partial charge in [0, 0.05) is 19.6 Å². The number of thioether (sulfide) groups is 1. The normalized spacial score (nSPS) is 13.4. The second-order valence-corrected chi connectivity index (χ2v) is 18.1. The highest BCUT2D eigenvalue weighted by molar-refractivity contribution is 8.76. The van der Waals surface area contributed by atoms with E-state index in [4.69, 9.17) is 4.74 Å². The Hall–Kier alpha value is -2.25. The van der Waals surface area contributed by atoms with Crippen LogP contribution in [0.1, 0.15) is 148 Å². The summed E-state index contributed by atoms with van der Waals surface area (Å²) in [6.07, 6.45) is 4.72. The summed E-state index contributed by atoms with van der Waals surface area (Å²) in [6, 6.07) is 34.6. The summed E-state index contributed by atoms with van der Waals surface area (Å²) in [5.41, 5.74) is 5.17. The molecule has 0 saturated carbocycles. The van der Waals surface area contributed by atoms with E-state index in [1.807, 2.05) is 66.6 Å². The fourth-order valence-electron chi connectivity index (χ4n) is 4.78. The van der Waals surface area contributed by atoms with Crippen LogP contribution in [0.5, 0.6) is 0 Å². The van der Waals surface area contributed by atoms with Crippen LogP contribution in [-0.4, -0.2) is 10.9 Å². The van der Waals surface area contributed by atoms with Gasteiger partial charge < -0.3 is 4.74 Å². The summed E-state index contributed by atoms with van der Waals surface area (Å²) in [5, 5.41) is -0.251. The first-order valence-corrected chi connectivity index (χ1v) is 21.9. The molecule has 51 heavy (non-hydrogen) atoms. The third-order valence-corrected chi connectivity index (χ3v) is 12.6. The van der Waals surface area contributed by atoms with Gasteiger partial charge in [-0.25, -0.2) is 4.79 Å². The Balaban J connectivity index is 0.000000280. The van der Waals surface area contributed by atoms with Crippen molar-refractivity contribution < 1.29 is 9.53 Å². The minimum absolute atomic E-state index is 0.251. The summed E-state index contributed by atoms with van der Waals surface area (Å²) in [6.45, 7) is 23.5. The maximum absolute atomic E-state index is 11.6. The van der Waals surface area contributed by atoms with Crippen LogP contribution in [-0.2, 0) is 4.74 Å². The highest BCUT2D eigenvalue weighted by Crippen LogP contribution is 2.38. The number of carbonyl (C=O) groups is 1. The third kappa shape index (κ3) is 17.4. The number of hydrogen-bond donors (Lipinski definition) is 1. The van der Waals surface area contributed by atoms with Crippen LogP contribution in [0, 0.1) is 0 Å². The Kier molecular flexibility index (Phi) is 20.6. The molecule has 0 aliphatic carbocycles. The lowest BCUT2D eigenvalue weighted by molar-refractivity contribution is 0.0738. The highest BCUT2D eigenvalue weighted by atomic mass is 33.1. The fourth-order valence-corrected chi connectivity index (χ4v) is 7.61. The highest BCUT2D eigenvalue weighted by Gasteiger charge is 2.17. The van der Waals surface area contributed by atoms with Gasteiger partial charge in [0.15, 0.2) is 0 Å². The molecule has 0 heterocycles. The van der Waals surface area contributed by atoms with Crippen molar-refractivity contribution in [1.82, 2.24) is 0 Å². The largest absolute Gasteiger partial charge is 0.452 e. The van der Waals surface area contributed by atoms with Crippen LogP contribution in [0.2, 0.25) is 0 Å². The average molecular weight is 763 g/mol. The minimum atomic E-state index is -0.430. The lowest BCUT2D eigenvalue weighted by Gasteiger charge is -2.18. The van der Waals surface area contributed by atoms with Gasteiger partial charge in [0.25, 0.3) is 0 Å². The van der Waals surface area contributed by atoms with Gasteiger partial charge in [-0.05, 0) is 153 Å². The van der Waals surface area contributed by atoms with Gasteiger partial charge in [0.1, 0.15) is 5.60 Å². The quantitative estimate of drug-likeness (QED) is 0.0671. The molecule has 4 unspecified atom stereocenters. The van der Waals surface area contributed by atoms with E-state index < -0.39 is 5.60 Å². The van der Waals surface area contributed by atoms with Crippen molar-refractivity contribution in [1.29, 1.82) is 0 Å². The molecule has 0 aliphatic rings. The van der Waals surface area contributed by atoms with Crippen LogP contribution in [0.25, 0.3) is 0 Å². The number of benzene rings is 4. The van der Waals surface area contributed by atoms with E-state index in [1.165, 1.54) is 51.3 Å². The van der Waals surface area contributed by atoms with Gasteiger partial charge in [-0.1, -0.05) is 126 Å². The third-order valence-electron chi connectivity index (χ3n) is 9.08. The van der Waals surface area contributed by atoms with Crippen LogP contribution in [0.3, 0.4) is 0 Å². The molecule has 0 aromatic heterocycles. The Morgan fingerprint density at radius 3 is 1.08 bits per heavy atom. The Morgan fingerprint density at radius 2 is 0.804 bits per heavy atom. The smallest absolute Gasteiger partial charge is 0.372 e. The summed E-state index contributed by atoms with van der Waals surface area (Å²) < 4.78 is 5.26. The zero-order chi connectivity index (χ0) is 38.0. The van der Waals surface area contributed by atoms with Crippen molar-refractivity contribution in [3.05, 3.63) is 119 Å². The van der Waals surface area contributed by atoms with Gasteiger partial charge in [0.2, 0.25) is 0 Å². The fraction of sp³-hybridized carbons (Fsp3) is 0.444. The van der Waals surface area contributed by atoms with Gasteiger partial charge in [-0.3, -0.25) is 0 Å². The molecule has 6 heteroatoms. The number of rotatable bonds is 12. The number of hydrogen-bond acceptors (Lipinski definition) is 6. The average Bonchev–Trinajstić information content (AvgIpc) is 3.13. The van der Waals surface area contributed by atoms with Crippen LogP contribution in [0.4, 0.5) is 4.79 Å². The molecule has 0 amide bonds. The predicted molar refractivity (Wildman–Crippen MR) is 232 cm³/mol. The summed E-state index contributed by atoms with van der Waals surface area (Å²) >= 11 is 5.37. The van der Waals surface area contributed by atoms with Crippen molar-refractivity contribution in [2.24, 2.45) is 0 Å². The van der Waals surface area contributed by atoms with Crippen molar-refractivity contribution in [2.45, 2.75) is 151 Å². The number of thiol groups is 1. The monoisotopic (exact) mass is 762 g/mol. The standard InChI is InChI=1S/C20H26S2.C15H22O2S.C10H14S/c1-5-15(3)17-7-11-19(12-8-17)21-22-20-13-9-18(10-14-20)16(4)6-2;1-6-11(2)12-7-9-13(10-8-12)18-14(16)17-15(3,4)5;1-3-8(2)9-4-6-10(11)7-5-9/h7-16H,5-6H2,1-4H3;7-11H,6H2,1-5H3;4-8,11H,3H2,1-2H3. The Morgan fingerprint density at radius 1 is 0.529 bits per heavy atom. The van der Waals surface area contributed by atoms with Gasteiger partial charge in [-0.15, -0.1) is 12.6 Å². The molecule has 2 nitrogen and oxygen atoms in total. The first-order chi connectivity index (χ1) is 24.2. The number of carbonyl (C=O) groups excluding carboxylic acids is 1. The summed E-state index contributed by atoms with van der Waals surface area (Å²) in [4.78, 5) is 16.3. The zero-order valence-electron chi connectivity index (χ0n) is 32.9. The van der Waals surface area contributed by atoms with Crippen molar-refractivity contribution >= 4 is 51.3 Å². The molecule has 0 fully saturated rings. The van der Waals surface area contributed by atoms with Gasteiger partial charge in [0.05, 0.1) is 0 Å². The molecular weight excluding hydrogens is 701 g/mol. The molecule has 0 N–H and O–H groups in total. The summed E-state index contributed by atoms with van der Waals surface area (Å²) in [7, 11) is 3.68. The molecule has 0 spiro atoms. The Labute approximate surface area is 328 Å². The molecule has 4 atom stereocenters. The Bertz CT molecular complexity index is 1470. The van der Waals surface area contributed by atoms with Crippen LogP contribution in [0.15, 0.2) is 117 Å². The van der Waals surface area contributed by atoms with Crippen LogP contribution < -0.4 is 0 Å². The zero-order valence-corrected chi connectivity index (χ0v) is 36.2. The van der Waals surface area contributed by atoms with Gasteiger partial charge in [-0.2, -0.15) is 0 Å². The lowest BCUT2D eigenvalue weighted by atomic mass is 9.99. The van der Waals surface area contributed by atoms with E-state index in [0.29, 0.717) is 23.7 Å². The summed E-state index contributed by atoms with van der Waals surface area (Å²) in [5.74, 6) is 2.54. The van der Waals surface area contributed by atoms with Crippen molar-refractivity contribution in [3.63, 3.8) is 0 Å². The van der Waals surface area contributed by atoms with E-state index >= 15 is 0 Å². The number of ether oxygens (including phenoxy) is 1. The topological polar surface area (TPSA) is 26.3 Å². The lowest BCUT2D eigenvalue weighted by Crippen LogP contribution is -2.21. The van der Waals surface area contributed by atoms with Crippen molar-refractivity contribution in [3.8, 4) is 0 Å². The molecule has 4 aromatic rings. The van der Waals surface area contributed by atoms with E-state index in [2.05, 4.69) is 141 Å². The van der Waals surface area contributed by atoms with Crippen molar-refractivity contribution in [2.75, 3.05) is 0 Å². The molecule has 0 bridgehead atoms. The first-order valence-electron chi connectivity index (χ1n) is 18.5. The minimum Gasteiger partial charge on any atom is -0.452 e. The SMILES string of the molecule is CCC(C)c1ccc(S)cc1.CCC(C)c1ccc(SC(=O)OC(C)(C)C)cc1.CCC(C)c1ccc(SSc2ccc(C(C)CC)cc2)cc1. The second-order valence-electron chi connectivity index (χ2n) is 14.3. The molecule has 4 rings (SSSR count). The van der Waals surface area contributed by atoms with E-state index in [1.54, 1.807) is 0 Å². The molecule has 0 radical (unpaired) electrons. The first kappa shape index (κ1) is 44.9. The molecule has 0 aliphatic heterocycles. The molecule has 0 saturated heterocycles. The molecule has 278 valence electrons. The molecular formula is C45H62O2S4. The molecule has 4 aromatic carbocycles. The van der Waals surface area contributed by atoms with E-state index in [9.17, 15) is 4.79 Å². The maximum Gasteiger partial charge on any atom is 0.372 e.